The first-order chi connectivity index (χ1) is 13.6. The van der Waals surface area contributed by atoms with E-state index in [0.717, 1.165) is 24.0 Å². The number of benzene rings is 2. The summed E-state index contributed by atoms with van der Waals surface area (Å²) in [7, 11) is 0. The number of likely N-dealkylation sites (tertiary alicyclic amines) is 1. The van der Waals surface area contributed by atoms with E-state index in [2.05, 4.69) is 13.8 Å². The molecule has 1 aliphatic rings. The summed E-state index contributed by atoms with van der Waals surface area (Å²) in [6, 6.07) is 18.6. The van der Waals surface area contributed by atoms with Crippen LogP contribution in [0.4, 0.5) is 0 Å². The van der Waals surface area contributed by atoms with Gasteiger partial charge in [-0.3, -0.25) is 0 Å². The maximum Gasteiger partial charge on any atom is 0.347 e. The molecule has 0 amide bonds. The summed E-state index contributed by atoms with van der Waals surface area (Å²) in [5, 5.41) is 11.4. The van der Waals surface area contributed by atoms with Gasteiger partial charge in [-0.1, -0.05) is 60.7 Å². The number of aliphatic hydroxyl groups is 1. The second-order valence-corrected chi connectivity index (χ2v) is 7.74. The predicted octanol–water partition coefficient (Wildman–Crippen LogP) is 0.879. The lowest BCUT2D eigenvalue weighted by atomic mass is 9.86. The van der Waals surface area contributed by atoms with E-state index >= 15 is 0 Å². The number of nitrogens with zero attached hydrogens (tertiary/aromatic N) is 1. The Hall–Kier alpha value is -1.44. The fraction of sp³-hybridized carbons (Fsp3) is 0.458. The van der Waals surface area contributed by atoms with Gasteiger partial charge in [-0.2, -0.15) is 0 Å². The van der Waals surface area contributed by atoms with Gasteiger partial charge in [0.25, 0.3) is 0 Å². The Kier molecular flexibility index (Phi) is 8.67. The van der Waals surface area contributed by atoms with Crippen molar-refractivity contribution in [3.8, 4) is 0 Å². The molecule has 1 fully saturated rings. The van der Waals surface area contributed by atoms with Gasteiger partial charge < -0.3 is 38.3 Å². The maximum atomic E-state index is 13.1. The van der Waals surface area contributed by atoms with Gasteiger partial charge in [0.1, 0.15) is 0 Å². The van der Waals surface area contributed by atoms with Crippen LogP contribution in [0.3, 0.4) is 0 Å². The number of carbonyl (C=O) groups is 1. The average molecular weight is 509 g/mol. The summed E-state index contributed by atoms with van der Waals surface area (Å²) < 4.78 is 6.77. The Balaban J connectivity index is 0.00000300. The molecule has 29 heavy (non-hydrogen) atoms. The minimum Gasteiger partial charge on any atom is -1.00 e. The molecule has 1 N–H and O–H groups in total. The lowest BCUT2D eigenvalue weighted by Gasteiger charge is -2.38. The highest BCUT2D eigenvalue weighted by molar-refractivity contribution is 5.85. The van der Waals surface area contributed by atoms with Crippen LogP contribution in [0.15, 0.2) is 60.7 Å². The normalized spacial score (nSPS) is 18.1. The molecule has 0 aliphatic carbocycles. The van der Waals surface area contributed by atoms with Gasteiger partial charge in [-0.15, -0.1) is 0 Å². The van der Waals surface area contributed by atoms with Crippen LogP contribution in [0.25, 0.3) is 0 Å². The molecule has 4 nitrogen and oxygen atoms in total. The smallest absolute Gasteiger partial charge is 0.347 e. The number of carbonyl (C=O) groups excluding carboxylic acids is 1. The van der Waals surface area contributed by atoms with E-state index in [-0.39, 0.29) is 24.0 Å². The zero-order chi connectivity index (χ0) is 20.0. The van der Waals surface area contributed by atoms with Crippen molar-refractivity contribution in [1.29, 1.82) is 0 Å². The van der Waals surface area contributed by atoms with Crippen LogP contribution < -0.4 is 24.0 Å². The molecule has 0 radical (unpaired) electrons. The Morgan fingerprint density at radius 2 is 1.55 bits per heavy atom. The van der Waals surface area contributed by atoms with Crippen LogP contribution in [-0.2, 0) is 15.1 Å². The molecule has 158 valence electrons. The predicted molar refractivity (Wildman–Crippen MR) is 111 cm³/mol. The molecule has 2 aromatic rings. The molecule has 5 heteroatoms. The zero-order valence-electron chi connectivity index (χ0n) is 17.4. The Bertz CT molecular complexity index is 723. The van der Waals surface area contributed by atoms with Gasteiger partial charge in [0.2, 0.25) is 5.60 Å². The molecule has 0 bridgehead atoms. The van der Waals surface area contributed by atoms with Crippen molar-refractivity contribution in [1.82, 2.24) is 0 Å². The number of ether oxygens (including phenoxy) is 1. The first kappa shape index (κ1) is 23.8. The lowest BCUT2D eigenvalue weighted by Crippen LogP contribution is -3.00. The summed E-state index contributed by atoms with van der Waals surface area (Å²) in [5.74, 6) is -0.603. The van der Waals surface area contributed by atoms with Crippen molar-refractivity contribution in [3.63, 3.8) is 0 Å². The lowest BCUT2D eigenvalue weighted by molar-refractivity contribution is -0.936. The first-order valence-electron chi connectivity index (χ1n) is 10.4. The molecule has 2 aromatic carbocycles. The Morgan fingerprint density at radius 3 is 2.03 bits per heavy atom. The SMILES string of the molecule is CC[N+]1(CC)CCCC1CCOC(=O)C(O)(c1ccccc1)c1ccccc1.[I-]. The highest BCUT2D eigenvalue weighted by Gasteiger charge is 2.43. The summed E-state index contributed by atoms with van der Waals surface area (Å²) in [6.45, 7) is 8.28. The van der Waals surface area contributed by atoms with Crippen LogP contribution in [0.1, 0.15) is 44.2 Å². The van der Waals surface area contributed by atoms with Crippen LogP contribution >= 0.6 is 0 Å². The second-order valence-electron chi connectivity index (χ2n) is 7.74. The summed E-state index contributed by atoms with van der Waals surface area (Å²) in [6.07, 6.45) is 3.26. The van der Waals surface area contributed by atoms with Crippen molar-refractivity contribution in [2.75, 3.05) is 26.2 Å². The van der Waals surface area contributed by atoms with Crippen molar-refractivity contribution in [3.05, 3.63) is 71.8 Å². The van der Waals surface area contributed by atoms with Crippen LogP contribution in [0, 0.1) is 0 Å². The van der Waals surface area contributed by atoms with Crippen LogP contribution in [0.2, 0.25) is 0 Å². The van der Waals surface area contributed by atoms with Crippen LogP contribution in [0.5, 0.6) is 0 Å². The number of rotatable bonds is 8. The zero-order valence-corrected chi connectivity index (χ0v) is 19.5. The van der Waals surface area contributed by atoms with Crippen molar-refractivity contribution >= 4 is 5.97 Å². The molecule has 1 saturated heterocycles. The van der Waals surface area contributed by atoms with E-state index in [1.165, 1.54) is 19.4 Å². The third-order valence-corrected chi connectivity index (χ3v) is 6.54. The van der Waals surface area contributed by atoms with Gasteiger partial charge in [-0.25, -0.2) is 4.79 Å². The highest BCUT2D eigenvalue weighted by Crippen LogP contribution is 2.32. The van der Waals surface area contributed by atoms with Crippen molar-refractivity contribution < 1.29 is 43.1 Å². The molecule has 1 heterocycles. The van der Waals surface area contributed by atoms with E-state index < -0.39 is 11.6 Å². The van der Waals surface area contributed by atoms with Gasteiger partial charge >= 0.3 is 5.97 Å². The first-order valence-corrected chi connectivity index (χ1v) is 10.4. The summed E-state index contributed by atoms with van der Waals surface area (Å²) in [5.41, 5.74) is -0.738. The number of hydrogen-bond acceptors (Lipinski definition) is 3. The number of halogens is 1. The van der Waals surface area contributed by atoms with E-state index in [1.54, 1.807) is 24.3 Å². The van der Waals surface area contributed by atoms with Gasteiger partial charge in [0.05, 0.1) is 32.3 Å². The van der Waals surface area contributed by atoms with Crippen molar-refractivity contribution in [2.24, 2.45) is 0 Å². The molecular formula is C24H32INO3. The maximum absolute atomic E-state index is 13.1. The minimum atomic E-state index is -1.79. The molecule has 1 unspecified atom stereocenters. The minimum absolute atomic E-state index is 0. The fourth-order valence-corrected chi connectivity index (χ4v) is 4.73. The summed E-state index contributed by atoms with van der Waals surface area (Å²) in [4.78, 5) is 13.1. The molecule has 0 aromatic heterocycles. The largest absolute Gasteiger partial charge is 1.00 e. The molecule has 0 saturated carbocycles. The van der Waals surface area contributed by atoms with E-state index in [1.807, 2.05) is 36.4 Å². The molecule has 3 rings (SSSR count). The van der Waals surface area contributed by atoms with E-state index in [4.69, 9.17) is 4.74 Å². The topological polar surface area (TPSA) is 46.5 Å². The third-order valence-electron chi connectivity index (χ3n) is 6.54. The molecule has 1 aliphatic heterocycles. The Labute approximate surface area is 191 Å². The monoisotopic (exact) mass is 509 g/mol. The highest BCUT2D eigenvalue weighted by atomic mass is 127. The van der Waals surface area contributed by atoms with Gasteiger partial charge in [0.15, 0.2) is 0 Å². The Morgan fingerprint density at radius 1 is 1.03 bits per heavy atom. The standard InChI is InChI=1S/C24H32NO3.HI/c1-3-25(4-2)18-11-16-22(25)17-19-28-23(26)24(27,20-12-7-5-8-13-20)21-14-9-6-10-15-21;/h5-10,12-15,22,27H,3-4,11,16-19H2,1-2H3;1H/q+1;/p-1. The van der Waals surface area contributed by atoms with Crippen molar-refractivity contribution in [2.45, 2.75) is 44.8 Å². The summed E-state index contributed by atoms with van der Waals surface area (Å²) >= 11 is 0. The molecular weight excluding hydrogens is 477 g/mol. The van der Waals surface area contributed by atoms with E-state index in [0.29, 0.717) is 23.8 Å². The van der Waals surface area contributed by atoms with Gasteiger partial charge in [-0.05, 0) is 25.0 Å². The molecule has 1 atom stereocenters. The number of hydrogen-bond donors (Lipinski definition) is 1. The second kappa shape index (κ2) is 10.5. The van der Waals surface area contributed by atoms with E-state index in [9.17, 15) is 9.90 Å². The third kappa shape index (κ3) is 4.84. The fourth-order valence-electron chi connectivity index (χ4n) is 4.73. The van der Waals surface area contributed by atoms with Gasteiger partial charge in [0, 0.05) is 19.3 Å². The number of esters is 1. The molecule has 0 spiro atoms. The quantitative estimate of drug-likeness (QED) is 0.327. The number of quaternary nitrogens is 1. The van der Waals surface area contributed by atoms with Crippen LogP contribution in [-0.4, -0.2) is 47.8 Å². The average Bonchev–Trinajstić information content (AvgIpc) is 3.17.